The molecule has 0 fully saturated rings. The van der Waals surface area contributed by atoms with Gasteiger partial charge in [-0.2, -0.15) is 0 Å². The van der Waals surface area contributed by atoms with E-state index in [2.05, 4.69) is 22.2 Å². The summed E-state index contributed by atoms with van der Waals surface area (Å²) in [5.41, 5.74) is -0.267. The first-order valence-corrected chi connectivity index (χ1v) is 6.82. The zero-order valence-electron chi connectivity index (χ0n) is 12.2. The van der Waals surface area contributed by atoms with E-state index in [-0.39, 0.29) is 22.7 Å². The summed E-state index contributed by atoms with van der Waals surface area (Å²) in [6.45, 7) is 4.48. The van der Waals surface area contributed by atoms with Crippen molar-refractivity contribution < 1.29 is 4.92 Å². The zero-order chi connectivity index (χ0) is 15.3. The Morgan fingerprint density at radius 3 is 2.60 bits per heavy atom. The first-order chi connectivity index (χ1) is 9.35. The number of rotatable bonds is 7. The van der Waals surface area contributed by atoms with Crippen molar-refractivity contribution in [2.45, 2.75) is 32.7 Å². The summed E-state index contributed by atoms with van der Waals surface area (Å²) in [6.07, 6.45) is 1.85. The first-order valence-electron chi connectivity index (χ1n) is 6.45. The number of anilines is 1. The van der Waals surface area contributed by atoms with Crippen LogP contribution in [0.5, 0.6) is 0 Å². The monoisotopic (exact) mass is 301 g/mol. The van der Waals surface area contributed by atoms with Gasteiger partial charge in [0.1, 0.15) is 5.82 Å². The Morgan fingerprint density at radius 1 is 1.45 bits per heavy atom. The Kier molecular flexibility index (Phi) is 6.09. The molecule has 0 saturated heterocycles. The molecule has 0 aromatic carbocycles. The number of nitro groups is 1. The molecular weight excluding hydrogens is 282 g/mol. The molecule has 0 aliphatic rings. The van der Waals surface area contributed by atoms with E-state index in [1.54, 1.807) is 6.92 Å². The fraction of sp³-hybridized carbons (Fsp3) is 0.667. The van der Waals surface area contributed by atoms with Crippen LogP contribution in [0.3, 0.4) is 0 Å². The summed E-state index contributed by atoms with van der Waals surface area (Å²) in [5, 5.41) is 14.1. The minimum Gasteiger partial charge on any atom is -0.360 e. The molecule has 0 spiro atoms. The number of nitrogens with one attached hydrogen (secondary N) is 1. The van der Waals surface area contributed by atoms with Crippen molar-refractivity contribution in [3.05, 3.63) is 21.1 Å². The van der Waals surface area contributed by atoms with Gasteiger partial charge < -0.3 is 10.2 Å². The maximum Gasteiger partial charge on any atom is 0.348 e. The molecule has 0 bridgehead atoms. The van der Waals surface area contributed by atoms with Gasteiger partial charge in [-0.05, 0) is 27.4 Å². The van der Waals surface area contributed by atoms with Gasteiger partial charge >= 0.3 is 5.69 Å². The van der Waals surface area contributed by atoms with Gasteiger partial charge in [0.25, 0.3) is 0 Å². The summed E-state index contributed by atoms with van der Waals surface area (Å²) >= 11 is 5.85. The lowest BCUT2D eigenvalue weighted by atomic mass is 10.1. The summed E-state index contributed by atoms with van der Waals surface area (Å²) in [4.78, 5) is 20.5. The molecule has 0 amide bonds. The molecule has 0 radical (unpaired) electrons. The molecule has 1 aromatic heterocycles. The fourth-order valence-electron chi connectivity index (χ4n) is 1.99. The van der Waals surface area contributed by atoms with Crippen LogP contribution in [0, 0.1) is 17.0 Å². The molecule has 7 nitrogen and oxygen atoms in total. The van der Waals surface area contributed by atoms with Crippen LogP contribution in [-0.4, -0.2) is 46.5 Å². The van der Waals surface area contributed by atoms with Crippen molar-refractivity contribution in [3.63, 3.8) is 0 Å². The predicted octanol–water partition coefficient (Wildman–Crippen LogP) is 2.49. The van der Waals surface area contributed by atoms with E-state index in [9.17, 15) is 10.1 Å². The van der Waals surface area contributed by atoms with E-state index in [0.717, 1.165) is 19.4 Å². The second-order valence-corrected chi connectivity index (χ2v) is 5.27. The standard InChI is InChI=1S/C12H20ClN5O2/c1-5-6-9(7-17(3)4)16-12-10(18(19)20)11(13)14-8(2)15-12/h9H,5-7H2,1-4H3,(H,14,15,16). The number of hydrogen-bond acceptors (Lipinski definition) is 6. The normalized spacial score (nSPS) is 12.5. The minimum absolute atomic E-state index is 0.0686. The highest BCUT2D eigenvalue weighted by Crippen LogP contribution is 2.30. The molecule has 1 atom stereocenters. The number of hydrogen-bond donors (Lipinski definition) is 1. The first kappa shape index (κ1) is 16.6. The Hall–Kier alpha value is -1.47. The molecule has 1 unspecified atom stereocenters. The molecule has 8 heteroatoms. The van der Waals surface area contributed by atoms with Crippen LogP contribution >= 0.6 is 11.6 Å². The third kappa shape index (κ3) is 4.57. The van der Waals surface area contributed by atoms with Crippen molar-refractivity contribution in [2.24, 2.45) is 0 Å². The SMILES string of the molecule is CCCC(CN(C)C)Nc1nc(C)nc(Cl)c1[N+](=O)[O-]. The molecule has 1 aromatic rings. The van der Waals surface area contributed by atoms with Crippen LogP contribution in [0.1, 0.15) is 25.6 Å². The van der Waals surface area contributed by atoms with Crippen LogP contribution in [-0.2, 0) is 0 Å². The van der Waals surface area contributed by atoms with Gasteiger partial charge in [-0.25, -0.2) is 9.97 Å². The fourth-order valence-corrected chi connectivity index (χ4v) is 2.27. The second-order valence-electron chi connectivity index (χ2n) is 4.91. The summed E-state index contributed by atoms with van der Waals surface area (Å²) in [5.74, 6) is 0.594. The lowest BCUT2D eigenvalue weighted by Gasteiger charge is -2.22. The topological polar surface area (TPSA) is 84.2 Å². The Balaban J connectivity index is 3.07. The predicted molar refractivity (Wildman–Crippen MR) is 79.3 cm³/mol. The summed E-state index contributed by atoms with van der Waals surface area (Å²) in [7, 11) is 3.91. The van der Waals surface area contributed by atoms with E-state index in [0.29, 0.717) is 5.82 Å². The van der Waals surface area contributed by atoms with Crippen molar-refractivity contribution in [3.8, 4) is 0 Å². The molecule has 1 heterocycles. The quantitative estimate of drug-likeness (QED) is 0.473. The van der Waals surface area contributed by atoms with Crippen molar-refractivity contribution in [2.75, 3.05) is 26.0 Å². The smallest absolute Gasteiger partial charge is 0.348 e. The highest BCUT2D eigenvalue weighted by atomic mass is 35.5. The highest BCUT2D eigenvalue weighted by Gasteiger charge is 2.24. The van der Waals surface area contributed by atoms with Gasteiger partial charge in [0.2, 0.25) is 11.0 Å². The Bertz CT molecular complexity index is 481. The van der Waals surface area contributed by atoms with Gasteiger partial charge in [0.05, 0.1) is 4.92 Å². The third-order valence-electron chi connectivity index (χ3n) is 2.70. The van der Waals surface area contributed by atoms with Crippen LogP contribution in [0.2, 0.25) is 5.15 Å². The summed E-state index contributed by atoms with van der Waals surface area (Å²) < 4.78 is 0. The van der Waals surface area contributed by atoms with E-state index in [1.165, 1.54) is 0 Å². The average Bonchev–Trinajstić information content (AvgIpc) is 2.26. The Morgan fingerprint density at radius 2 is 2.10 bits per heavy atom. The lowest BCUT2D eigenvalue weighted by molar-refractivity contribution is -0.384. The second kappa shape index (κ2) is 7.35. The number of nitrogens with zero attached hydrogens (tertiary/aromatic N) is 4. The highest BCUT2D eigenvalue weighted by molar-refractivity contribution is 6.31. The molecule has 1 N–H and O–H groups in total. The maximum absolute atomic E-state index is 11.1. The van der Waals surface area contributed by atoms with E-state index >= 15 is 0 Å². The number of likely N-dealkylation sites (N-methyl/N-ethyl adjacent to an activating group) is 1. The zero-order valence-corrected chi connectivity index (χ0v) is 12.9. The van der Waals surface area contributed by atoms with Crippen molar-refractivity contribution >= 4 is 23.1 Å². The molecule has 20 heavy (non-hydrogen) atoms. The van der Waals surface area contributed by atoms with E-state index in [1.807, 2.05) is 19.0 Å². The Labute approximate surface area is 123 Å². The molecule has 1 rings (SSSR count). The van der Waals surface area contributed by atoms with Gasteiger partial charge in [-0.1, -0.05) is 24.9 Å². The number of halogens is 1. The van der Waals surface area contributed by atoms with Crippen LogP contribution in [0.25, 0.3) is 0 Å². The van der Waals surface area contributed by atoms with E-state index in [4.69, 9.17) is 11.6 Å². The van der Waals surface area contributed by atoms with Gasteiger partial charge in [-0.3, -0.25) is 10.1 Å². The largest absolute Gasteiger partial charge is 0.360 e. The van der Waals surface area contributed by atoms with Crippen LogP contribution in [0.15, 0.2) is 0 Å². The van der Waals surface area contributed by atoms with Gasteiger partial charge in [0, 0.05) is 12.6 Å². The molecule has 112 valence electrons. The number of aryl methyl sites for hydroxylation is 1. The van der Waals surface area contributed by atoms with Crippen LogP contribution in [0.4, 0.5) is 11.5 Å². The lowest BCUT2D eigenvalue weighted by Crippen LogP contribution is -2.33. The molecule has 0 saturated carbocycles. The van der Waals surface area contributed by atoms with Crippen LogP contribution < -0.4 is 5.32 Å². The third-order valence-corrected chi connectivity index (χ3v) is 2.96. The molecule has 0 aliphatic heterocycles. The minimum atomic E-state index is -0.553. The van der Waals surface area contributed by atoms with Crippen molar-refractivity contribution in [1.29, 1.82) is 0 Å². The van der Waals surface area contributed by atoms with E-state index < -0.39 is 4.92 Å². The number of aromatic nitrogens is 2. The van der Waals surface area contributed by atoms with Gasteiger partial charge in [0.15, 0.2) is 0 Å². The maximum atomic E-state index is 11.1. The molecular formula is C12H20ClN5O2. The summed E-state index contributed by atoms with van der Waals surface area (Å²) in [6, 6.07) is 0.0686. The average molecular weight is 302 g/mol. The molecule has 0 aliphatic carbocycles. The van der Waals surface area contributed by atoms with Crippen molar-refractivity contribution in [1.82, 2.24) is 14.9 Å². The van der Waals surface area contributed by atoms with Gasteiger partial charge in [-0.15, -0.1) is 0 Å².